The van der Waals surface area contributed by atoms with Gasteiger partial charge in [-0.25, -0.2) is 9.02 Å². The lowest BCUT2D eigenvalue weighted by Crippen LogP contribution is -2.41. The number of fused-ring (bicyclic) bond motifs is 1. The molecule has 2 aliphatic rings. The minimum absolute atomic E-state index is 0.0939. The summed E-state index contributed by atoms with van der Waals surface area (Å²) in [6, 6.07) is 8.49. The van der Waals surface area contributed by atoms with E-state index >= 15 is 0 Å². The van der Waals surface area contributed by atoms with Gasteiger partial charge in [0.1, 0.15) is 11.5 Å². The van der Waals surface area contributed by atoms with Gasteiger partial charge in [0.2, 0.25) is 5.52 Å². The van der Waals surface area contributed by atoms with E-state index in [4.69, 9.17) is 9.37 Å². The quantitative estimate of drug-likeness (QED) is 0.339. The van der Waals surface area contributed by atoms with Crippen LogP contribution in [-0.2, 0) is 11.3 Å². The highest BCUT2D eigenvalue weighted by atomic mass is 19.1. The largest absolute Gasteiger partial charge is 0.379 e. The number of nitrogens with zero attached hydrogens (tertiary/aromatic N) is 6. The second kappa shape index (κ2) is 10.8. The molecule has 11 heteroatoms. The number of halogens is 1. The van der Waals surface area contributed by atoms with Crippen LogP contribution in [0.4, 0.5) is 21.5 Å². The maximum atomic E-state index is 14.7. The van der Waals surface area contributed by atoms with Crippen molar-refractivity contribution < 1.29 is 18.7 Å². The van der Waals surface area contributed by atoms with Crippen LogP contribution in [0.5, 0.6) is 0 Å². The number of rotatable bonds is 8. The third kappa shape index (κ3) is 5.12. The maximum Gasteiger partial charge on any atom is 0.323 e. The third-order valence-corrected chi connectivity index (χ3v) is 7.23. The predicted octanol–water partition coefficient (Wildman–Crippen LogP) is 3.85. The Morgan fingerprint density at radius 3 is 2.58 bits per heavy atom. The van der Waals surface area contributed by atoms with Gasteiger partial charge in [-0.2, -0.15) is 0 Å². The molecule has 0 saturated carbocycles. The number of nitro benzene ring substituents is 1. The molecule has 0 unspecified atom stereocenters. The Morgan fingerprint density at radius 2 is 1.86 bits per heavy atom. The van der Waals surface area contributed by atoms with Crippen LogP contribution < -0.4 is 9.80 Å². The number of piperidine rings is 1. The maximum absolute atomic E-state index is 14.7. The molecular weight excluding hydrogens is 467 g/mol. The molecule has 2 aromatic carbocycles. The van der Waals surface area contributed by atoms with E-state index in [-0.39, 0.29) is 23.6 Å². The Hall–Kier alpha value is -3.31. The normalized spacial score (nSPS) is 17.6. The lowest BCUT2D eigenvalue weighted by molar-refractivity contribution is -0.382. The summed E-state index contributed by atoms with van der Waals surface area (Å²) in [6.45, 7) is 8.25. The van der Waals surface area contributed by atoms with Crippen LogP contribution >= 0.6 is 0 Å². The van der Waals surface area contributed by atoms with Crippen LogP contribution in [-0.4, -0.2) is 72.6 Å². The summed E-state index contributed by atoms with van der Waals surface area (Å²) in [4.78, 5) is 18.2. The van der Waals surface area contributed by atoms with Gasteiger partial charge in [-0.05, 0) is 41.2 Å². The van der Waals surface area contributed by atoms with Crippen molar-refractivity contribution in [3.8, 4) is 0 Å². The van der Waals surface area contributed by atoms with Gasteiger partial charge < -0.3 is 14.5 Å². The molecular formula is C25H31FN6O4. The first-order chi connectivity index (χ1) is 17.5. The van der Waals surface area contributed by atoms with Crippen LogP contribution in [0, 0.1) is 21.8 Å². The zero-order valence-electron chi connectivity index (χ0n) is 20.4. The number of nitro groups is 1. The van der Waals surface area contributed by atoms with E-state index in [1.54, 1.807) is 12.1 Å². The molecule has 3 heterocycles. The van der Waals surface area contributed by atoms with Crippen molar-refractivity contribution in [2.45, 2.75) is 26.3 Å². The smallest absolute Gasteiger partial charge is 0.323 e. The number of hydrogen-bond donors (Lipinski definition) is 0. The molecule has 0 N–H and O–H groups in total. The number of hydrogen-bond acceptors (Lipinski definition) is 9. The van der Waals surface area contributed by atoms with Gasteiger partial charge >= 0.3 is 5.69 Å². The molecule has 3 aromatic rings. The van der Waals surface area contributed by atoms with Gasteiger partial charge in [0.25, 0.3) is 0 Å². The lowest BCUT2D eigenvalue weighted by atomic mass is 9.98. The molecule has 0 bridgehead atoms. The third-order valence-electron chi connectivity index (χ3n) is 7.23. The molecule has 2 aliphatic heterocycles. The SMILES string of the molecule is CC1CCN(c2cc(N(CCN3CCOCC3)Cc3ccccc3F)c3nonc3c2[N+](=O)[O-])CC1. The fourth-order valence-electron chi connectivity index (χ4n) is 5.01. The predicted molar refractivity (Wildman–Crippen MR) is 134 cm³/mol. The summed E-state index contributed by atoms with van der Waals surface area (Å²) in [7, 11) is 0. The van der Waals surface area contributed by atoms with Crippen molar-refractivity contribution in [3.63, 3.8) is 0 Å². The molecule has 0 radical (unpaired) electrons. The molecule has 0 aliphatic carbocycles. The van der Waals surface area contributed by atoms with E-state index in [0.29, 0.717) is 48.1 Å². The molecule has 192 valence electrons. The number of anilines is 2. The van der Waals surface area contributed by atoms with Gasteiger partial charge in [0.15, 0.2) is 5.52 Å². The number of aromatic nitrogens is 2. The molecule has 36 heavy (non-hydrogen) atoms. The summed E-state index contributed by atoms with van der Waals surface area (Å²) in [5, 5.41) is 20.2. The second-order valence-corrected chi connectivity index (χ2v) is 9.62. The topological polar surface area (TPSA) is 101 Å². The van der Waals surface area contributed by atoms with Crippen molar-refractivity contribution in [3.05, 3.63) is 51.8 Å². The van der Waals surface area contributed by atoms with Crippen LogP contribution in [0.25, 0.3) is 11.0 Å². The first-order valence-corrected chi connectivity index (χ1v) is 12.5. The fraction of sp³-hybridized carbons (Fsp3) is 0.520. The lowest BCUT2D eigenvalue weighted by Gasteiger charge is -2.34. The zero-order valence-corrected chi connectivity index (χ0v) is 20.4. The number of morpholine rings is 1. The minimum atomic E-state index is -0.404. The Bertz CT molecular complexity index is 1210. The van der Waals surface area contributed by atoms with E-state index in [1.807, 2.05) is 17.0 Å². The Labute approximate surface area is 208 Å². The highest BCUT2D eigenvalue weighted by Crippen LogP contribution is 2.42. The van der Waals surface area contributed by atoms with Gasteiger partial charge in [-0.3, -0.25) is 15.0 Å². The molecule has 10 nitrogen and oxygen atoms in total. The molecule has 2 saturated heterocycles. The number of benzene rings is 2. The van der Waals surface area contributed by atoms with Crippen molar-refractivity contribution in [1.29, 1.82) is 0 Å². The summed E-state index contributed by atoms with van der Waals surface area (Å²) in [5.74, 6) is 0.277. The van der Waals surface area contributed by atoms with E-state index < -0.39 is 4.92 Å². The number of ether oxygens (including phenoxy) is 1. The summed E-state index contributed by atoms with van der Waals surface area (Å²) in [6.07, 6.45) is 1.91. The molecule has 2 fully saturated rings. The minimum Gasteiger partial charge on any atom is -0.379 e. The Morgan fingerprint density at radius 1 is 1.14 bits per heavy atom. The summed E-state index contributed by atoms with van der Waals surface area (Å²) in [5.41, 5.74) is 2.04. The molecule has 0 spiro atoms. The van der Waals surface area contributed by atoms with Gasteiger partial charge in [0, 0.05) is 51.4 Å². The highest BCUT2D eigenvalue weighted by molar-refractivity contribution is 6.00. The van der Waals surface area contributed by atoms with Crippen molar-refractivity contribution in [2.75, 3.05) is 62.3 Å². The van der Waals surface area contributed by atoms with Crippen molar-refractivity contribution in [2.24, 2.45) is 5.92 Å². The molecule has 0 amide bonds. The van der Waals surface area contributed by atoms with E-state index in [0.717, 1.165) is 45.6 Å². The summed E-state index contributed by atoms with van der Waals surface area (Å²) >= 11 is 0. The van der Waals surface area contributed by atoms with Crippen molar-refractivity contribution >= 4 is 28.1 Å². The first kappa shape index (κ1) is 24.4. The molecule has 1 aromatic heterocycles. The Balaban J connectivity index is 1.57. The molecule has 5 rings (SSSR count). The average molecular weight is 499 g/mol. The van der Waals surface area contributed by atoms with Crippen LogP contribution in [0.2, 0.25) is 0 Å². The zero-order chi connectivity index (χ0) is 25.1. The van der Waals surface area contributed by atoms with E-state index in [2.05, 4.69) is 27.0 Å². The van der Waals surface area contributed by atoms with E-state index in [9.17, 15) is 14.5 Å². The van der Waals surface area contributed by atoms with Gasteiger partial charge in [-0.1, -0.05) is 25.1 Å². The van der Waals surface area contributed by atoms with E-state index in [1.165, 1.54) is 6.07 Å². The van der Waals surface area contributed by atoms with Gasteiger partial charge in [-0.15, -0.1) is 0 Å². The second-order valence-electron chi connectivity index (χ2n) is 9.62. The van der Waals surface area contributed by atoms with Crippen LogP contribution in [0.15, 0.2) is 35.0 Å². The fourth-order valence-corrected chi connectivity index (χ4v) is 5.01. The average Bonchev–Trinajstić information content (AvgIpc) is 3.37. The van der Waals surface area contributed by atoms with Crippen LogP contribution in [0.1, 0.15) is 25.3 Å². The monoisotopic (exact) mass is 498 g/mol. The molecule has 0 atom stereocenters. The summed E-state index contributed by atoms with van der Waals surface area (Å²) < 4.78 is 25.2. The van der Waals surface area contributed by atoms with Crippen LogP contribution in [0.3, 0.4) is 0 Å². The first-order valence-electron chi connectivity index (χ1n) is 12.5. The van der Waals surface area contributed by atoms with Gasteiger partial charge in [0.05, 0.1) is 23.8 Å². The highest BCUT2D eigenvalue weighted by Gasteiger charge is 2.32. The van der Waals surface area contributed by atoms with Crippen molar-refractivity contribution in [1.82, 2.24) is 15.2 Å². The standard InChI is InChI=1S/C25H31FN6O4/c1-18-6-8-30(9-7-18)22-16-21(23-24(28-36-27-23)25(22)32(33)34)31(11-10-29-12-14-35-15-13-29)17-19-4-2-3-5-20(19)26/h2-5,16,18H,6-15,17H2,1H3. The Kier molecular flexibility index (Phi) is 7.28.